The quantitative estimate of drug-likeness (QED) is 0.414. The largest absolute Gasteiger partial charge is 1.00 e. The molecule has 0 heterocycles. The molecular weight excluding hydrogens is 341 g/mol. The summed E-state index contributed by atoms with van der Waals surface area (Å²) in [7, 11) is -5.15. The Morgan fingerprint density at radius 3 is 1.83 bits per heavy atom. The Labute approximate surface area is 188 Å². The first-order valence-corrected chi connectivity index (χ1v) is 9.61. The summed E-state index contributed by atoms with van der Waals surface area (Å²) in [6.07, 6.45) is -0.221. The number of hydrogen-bond acceptors (Lipinski definition) is 3. The Bertz CT molecular complexity index is 707. The van der Waals surface area contributed by atoms with Gasteiger partial charge < -0.3 is 0 Å². The summed E-state index contributed by atoms with van der Waals surface area (Å²) in [5.74, 6) is 0. The molecule has 24 heavy (non-hydrogen) atoms. The van der Waals surface area contributed by atoms with Crippen molar-refractivity contribution in [3.05, 3.63) is 64.7 Å². The van der Waals surface area contributed by atoms with Gasteiger partial charge in [-0.15, -0.1) is 0 Å². The van der Waals surface area contributed by atoms with Gasteiger partial charge in [0.15, 0.2) is 0 Å². The van der Waals surface area contributed by atoms with E-state index in [-0.39, 0.29) is 70.6 Å². The van der Waals surface area contributed by atoms with Crippen molar-refractivity contribution in [1.82, 2.24) is 0 Å². The molecule has 2 aromatic rings. The van der Waals surface area contributed by atoms with Gasteiger partial charge in [0.1, 0.15) is 0 Å². The summed E-state index contributed by atoms with van der Waals surface area (Å²) in [6, 6.07) is 11.7. The van der Waals surface area contributed by atoms with Crippen LogP contribution in [-0.4, -0.2) is 11.7 Å². The second-order valence-corrected chi connectivity index (χ2v) is 9.66. The maximum atomic E-state index is 13.4. The van der Waals surface area contributed by atoms with Crippen LogP contribution in [0.25, 0.3) is 0 Å². The summed E-state index contributed by atoms with van der Waals surface area (Å²) in [4.78, 5) is 39.7. The van der Waals surface area contributed by atoms with Gasteiger partial charge in [0, 0.05) is 0 Å². The van der Waals surface area contributed by atoms with Crippen molar-refractivity contribution in [2.45, 2.75) is 27.7 Å². The molecule has 0 aliphatic heterocycles. The number of hydrogen-bond donors (Lipinski definition) is 0. The third kappa shape index (κ3) is 4.40. The van der Waals surface area contributed by atoms with Crippen LogP contribution in [0.2, 0.25) is 0 Å². The number of benzene rings is 2. The molecule has 2 aromatic carbocycles. The van der Waals surface area contributed by atoms with E-state index in [1.807, 2.05) is 19.1 Å². The summed E-state index contributed by atoms with van der Waals surface area (Å²) in [6.45, 7) is 7.02. The van der Waals surface area contributed by atoms with Crippen LogP contribution in [0.1, 0.15) is 34.0 Å². The molecule has 0 unspecified atom stereocenters. The van der Waals surface area contributed by atoms with E-state index in [1.165, 1.54) is 19.1 Å². The van der Waals surface area contributed by atoms with E-state index in [4.69, 9.17) is 0 Å². The van der Waals surface area contributed by atoms with E-state index in [9.17, 15) is 14.6 Å². The molecule has 0 bridgehead atoms. The molecule has 0 radical (unpaired) electrons. The van der Waals surface area contributed by atoms with Gasteiger partial charge in [0.25, 0.3) is 0 Å². The summed E-state index contributed by atoms with van der Waals surface area (Å²) in [5, 5.41) is 0.0976. The van der Waals surface area contributed by atoms with Crippen LogP contribution >= 0.6 is 7.06 Å². The fourth-order valence-electron chi connectivity index (χ4n) is 2.92. The predicted octanol–water partition coefficient (Wildman–Crippen LogP) is -3.79. The molecular formula is C18H21Na2O3P. The molecule has 6 heteroatoms. The zero-order valence-corrected chi connectivity index (χ0v) is 20.3. The minimum absolute atomic E-state index is 0. The van der Waals surface area contributed by atoms with Crippen molar-refractivity contribution in [1.29, 1.82) is 0 Å². The van der Waals surface area contributed by atoms with Crippen molar-refractivity contribution < 1.29 is 73.7 Å². The Hall–Kier alpha value is 0.460. The van der Waals surface area contributed by atoms with Crippen molar-refractivity contribution in [2.75, 3.05) is 6.16 Å². The fraction of sp³-hybridized carbons (Fsp3) is 0.278. The number of carbonyl (C=O) groups excluding carboxylic acids is 1. The molecule has 0 aliphatic rings. The minimum atomic E-state index is -5.15. The molecule has 118 valence electrons. The van der Waals surface area contributed by atoms with Crippen LogP contribution in [-0.2, 0) is 0 Å². The van der Waals surface area contributed by atoms with Crippen LogP contribution in [0.15, 0.2) is 42.5 Å². The van der Waals surface area contributed by atoms with Gasteiger partial charge in [0.05, 0.1) is 0 Å². The van der Waals surface area contributed by atoms with Crippen molar-refractivity contribution in [2.24, 2.45) is 0 Å². The van der Waals surface area contributed by atoms with Gasteiger partial charge in [0.2, 0.25) is 0 Å². The first-order valence-electron chi connectivity index (χ1n) is 7.36. The second-order valence-electron chi connectivity index (χ2n) is 5.86. The third-order valence-electron chi connectivity index (χ3n) is 4.15. The number of rotatable bonds is 4. The minimum Gasteiger partial charge on any atom is 1.00 e. The SMILES string of the molecule is CCP([O-])([O-])(C(=O)c1c(C)cc(C)cc1C)c1ccccc1.[Na+].[Na+]. The molecule has 0 amide bonds. The van der Waals surface area contributed by atoms with E-state index in [0.29, 0.717) is 16.7 Å². The Balaban J connectivity index is 0.00000264. The maximum Gasteiger partial charge on any atom is 1.00 e. The number of aryl methyl sites for hydroxylation is 3. The van der Waals surface area contributed by atoms with E-state index < -0.39 is 12.6 Å². The van der Waals surface area contributed by atoms with Gasteiger partial charge in [-0.2, -0.15) is 0 Å². The first-order chi connectivity index (χ1) is 10.2. The fourth-order valence-corrected chi connectivity index (χ4v) is 5.38. The first kappa shape index (κ1) is 24.5. The maximum absolute atomic E-state index is 13.4. The van der Waals surface area contributed by atoms with Crippen LogP contribution in [0.5, 0.6) is 0 Å². The second kappa shape index (κ2) is 8.90. The molecule has 0 atom stereocenters. The topological polar surface area (TPSA) is 63.2 Å². The smallest absolute Gasteiger partial charge is 1.00 e. The van der Waals surface area contributed by atoms with Gasteiger partial charge in [-0.25, -0.2) is 0 Å². The molecule has 0 saturated carbocycles. The molecule has 0 saturated heterocycles. The molecule has 0 N–H and O–H groups in total. The van der Waals surface area contributed by atoms with Crippen LogP contribution < -0.4 is 74.2 Å². The van der Waals surface area contributed by atoms with E-state index in [0.717, 1.165) is 5.56 Å². The number of carbonyl (C=O) groups is 1. The van der Waals surface area contributed by atoms with Gasteiger partial charge in [-0.3, -0.25) is 0 Å². The summed E-state index contributed by atoms with van der Waals surface area (Å²) in [5.41, 5.74) is 1.95. The average molecular weight is 362 g/mol. The summed E-state index contributed by atoms with van der Waals surface area (Å²) < 4.78 is 0. The average Bonchev–Trinajstić information content (AvgIpc) is 2.47. The zero-order chi connectivity index (χ0) is 16.6. The van der Waals surface area contributed by atoms with E-state index in [2.05, 4.69) is 0 Å². The monoisotopic (exact) mass is 362 g/mol. The van der Waals surface area contributed by atoms with Gasteiger partial charge >= 0.3 is 190 Å². The summed E-state index contributed by atoms with van der Waals surface area (Å²) >= 11 is 0. The van der Waals surface area contributed by atoms with Crippen molar-refractivity contribution in [3.63, 3.8) is 0 Å². The molecule has 2 rings (SSSR count). The van der Waals surface area contributed by atoms with Crippen molar-refractivity contribution >= 4 is 17.9 Å². The third-order valence-corrected chi connectivity index (χ3v) is 7.69. The molecule has 0 aliphatic carbocycles. The Morgan fingerprint density at radius 1 is 0.958 bits per heavy atom. The van der Waals surface area contributed by atoms with Crippen LogP contribution in [0.3, 0.4) is 0 Å². The van der Waals surface area contributed by atoms with Gasteiger partial charge in [-0.05, 0) is 0 Å². The predicted molar refractivity (Wildman–Crippen MR) is 88.5 cm³/mol. The molecule has 0 aromatic heterocycles. The Morgan fingerprint density at radius 2 is 1.42 bits per heavy atom. The molecule has 0 fully saturated rings. The van der Waals surface area contributed by atoms with Crippen LogP contribution in [0.4, 0.5) is 0 Å². The van der Waals surface area contributed by atoms with Crippen LogP contribution in [0, 0.1) is 20.8 Å². The molecule has 3 nitrogen and oxygen atoms in total. The van der Waals surface area contributed by atoms with E-state index in [1.54, 1.807) is 32.0 Å². The van der Waals surface area contributed by atoms with Gasteiger partial charge in [-0.1, -0.05) is 0 Å². The van der Waals surface area contributed by atoms with E-state index >= 15 is 0 Å². The Kier molecular flexibility index (Phi) is 9.07. The van der Waals surface area contributed by atoms with Crippen molar-refractivity contribution in [3.8, 4) is 0 Å². The standard InChI is InChI=1S/C18H21O3P.2Na/c1-5-22(20,21,16-9-7-6-8-10-16)18(19)17-14(3)11-13(2)12-15(17)4;;/h6-12H,5H2,1-4H3;;/q-2;2*+1. The normalized spacial score (nSPS) is 12.3. The zero-order valence-electron chi connectivity index (χ0n) is 15.4. The molecule has 0 spiro atoms.